The van der Waals surface area contributed by atoms with Gasteiger partial charge in [-0.25, -0.2) is 4.79 Å². The number of ether oxygens (including phenoxy) is 1. The van der Waals surface area contributed by atoms with Gasteiger partial charge in [0.15, 0.2) is 0 Å². The highest BCUT2D eigenvalue weighted by Crippen LogP contribution is 2.27. The van der Waals surface area contributed by atoms with E-state index in [2.05, 4.69) is 21.2 Å². The van der Waals surface area contributed by atoms with Crippen molar-refractivity contribution < 1.29 is 23.9 Å². The number of para-hydroxylation sites is 2. The van der Waals surface area contributed by atoms with Crippen LogP contribution in [0.1, 0.15) is 51.2 Å². The van der Waals surface area contributed by atoms with Gasteiger partial charge in [-0.2, -0.15) is 0 Å². The Morgan fingerprint density at radius 1 is 1.00 bits per heavy atom. The fourth-order valence-electron chi connectivity index (χ4n) is 4.61. The predicted molar refractivity (Wildman–Crippen MR) is 148 cm³/mol. The summed E-state index contributed by atoms with van der Waals surface area (Å²) in [5.74, 6) is -1.27. The lowest BCUT2D eigenvalue weighted by atomic mass is 10.0. The minimum absolute atomic E-state index is 0.00493. The van der Waals surface area contributed by atoms with Crippen molar-refractivity contribution in [3.63, 3.8) is 0 Å². The van der Waals surface area contributed by atoms with Crippen molar-refractivity contribution in [1.82, 2.24) is 21.2 Å². The summed E-state index contributed by atoms with van der Waals surface area (Å²) in [6, 6.07) is 14.4. The molecule has 0 radical (unpaired) electrons. The summed E-state index contributed by atoms with van der Waals surface area (Å²) in [5.41, 5.74) is 7.73. The van der Waals surface area contributed by atoms with Gasteiger partial charge in [0.1, 0.15) is 11.6 Å². The average Bonchev–Trinajstić information content (AvgIpc) is 3.31. The molecule has 0 saturated heterocycles. The van der Waals surface area contributed by atoms with Crippen LogP contribution in [0.2, 0.25) is 0 Å². The van der Waals surface area contributed by atoms with E-state index in [1.807, 2.05) is 48.5 Å². The van der Waals surface area contributed by atoms with Crippen LogP contribution in [0, 0.1) is 0 Å². The van der Waals surface area contributed by atoms with Gasteiger partial charge in [0.25, 0.3) is 5.91 Å². The second-order valence-electron chi connectivity index (χ2n) is 10.6. The Bertz CT molecular complexity index is 1360. The van der Waals surface area contributed by atoms with Gasteiger partial charge < -0.3 is 19.9 Å². The van der Waals surface area contributed by atoms with Crippen molar-refractivity contribution in [3.8, 4) is 0 Å². The van der Waals surface area contributed by atoms with Crippen molar-refractivity contribution in [2.24, 2.45) is 0 Å². The van der Waals surface area contributed by atoms with Gasteiger partial charge in [-0.05, 0) is 56.9 Å². The Labute approximate surface area is 227 Å². The molecule has 0 bridgehead atoms. The zero-order valence-corrected chi connectivity index (χ0v) is 22.5. The van der Waals surface area contributed by atoms with Crippen LogP contribution in [0.3, 0.4) is 0 Å². The number of carbonyl (C=O) groups is 4. The molecule has 10 nitrogen and oxygen atoms in total. The molecule has 3 aromatic rings. The number of aryl methyl sites for hydroxylation is 1. The van der Waals surface area contributed by atoms with Crippen LogP contribution in [0.25, 0.3) is 10.9 Å². The number of rotatable bonds is 7. The standard InChI is InChI=1S/C29H35N5O5/c1-29(2,3)39-28(38)31-23(17-20-18-30-22-12-6-5-11-21(20)22)27(37)33-32-25(35)14-15-26(36)34-16-8-10-19-9-4-7-13-24(19)34/h4-7,9,11-13,18,23,30H,8,10,14-17H2,1-3H3,(H,31,38)(H,32,35)(H,33,37)/t23-/m0/s1. The molecule has 39 heavy (non-hydrogen) atoms. The number of hydrogen-bond acceptors (Lipinski definition) is 5. The maximum absolute atomic E-state index is 13.1. The molecule has 1 aliphatic heterocycles. The minimum Gasteiger partial charge on any atom is -0.444 e. The van der Waals surface area contributed by atoms with E-state index in [0.717, 1.165) is 40.6 Å². The van der Waals surface area contributed by atoms with Crippen LogP contribution in [0.5, 0.6) is 0 Å². The normalized spacial score (nSPS) is 13.8. The zero-order chi connectivity index (χ0) is 28.0. The Kier molecular flexibility index (Phi) is 8.53. The lowest BCUT2D eigenvalue weighted by Gasteiger charge is -2.29. The van der Waals surface area contributed by atoms with Crippen LogP contribution < -0.4 is 21.1 Å². The second-order valence-corrected chi connectivity index (χ2v) is 10.6. The van der Waals surface area contributed by atoms with E-state index in [4.69, 9.17) is 4.74 Å². The number of anilines is 1. The van der Waals surface area contributed by atoms with E-state index in [1.165, 1.54) is 0 Å². The van der Waals surface area contributed by atoms with Gasteiger partial charge in [-0.3, -0.25) is 25.2 Å². The summed E-state index contributed by atoms with van der Waals surface area (Å²) in [4.78, 5) is 55.7. The van der Waals surface area contributed by atoms with E-state index >= 15 is 0 Å². The highest BCUT2D eigenvalue weighted by atomic mass is 16.6. The van der Waals surface area contributed by atoms with Crippen molar-refractivity contribution in [2.75, 3.05) is 11.4 Å². The number of fused-ring (bicyclic) bond motifs is 2. The Morgan fingerprint density at radius 3 is 2.54 bits per heavy atom. The maximum atomic E-state index is 13.1. The molecular weight excluding hydrogens is 498 g/mol. The molecule has 4 N–H and O–H groups in total. The summed E-state index contributed by atoms with van der Waals surface area (Å²) in [6.45, 7) is 5.79. The van der Waals surface area contributed by atoms with E-state index < -0.39 is 29.6 Å². The van der Waals surface area contributed by atoms with Gasteiger partial charge >= 0.3 is 6.09 Å². The summed E-state index contributed by atoms with van der Waals surface area (Å²) in [6.07, 6.45) is 2.90. The highest BCUT2D eigenvalue weighted by Gasteiger charge is 2.27. The van der Waals surface area contributed by atoms with Crippen molar-refractivity contribution >= 4 is 40.4 Å². The third-order valence-corrected chi connectivity index (χ3v) is 6.41. The first-order valence-electron chi connectivity index (χ1n) is 13.1. The Balaban J connectivity index is 1.34. The van der Waals surface area contributed by atoms with Crippen LogP contribution in [-0.2, 0) is 32.0 Å². The van der Waals surface area contributed by atoms with Crippen LogP contribution in [-0.4, -0.2) is 47.0 Å². The predicted octanol–water partition coefficient (Wildman–Crippen LogP) is 3.51. The van der Waals surface area contributed by atoms with E-state index in [9.17, 15) is 19.2 Å². The second kappa shape index (κ2) is 12.0. The first-order valence-corrected chi connectivity index (χ1v) is 13.1. The third kappa shape index (κ3) is 7.37. The number of hydrazine groups is 1. The molecule has 10 heteroatoms. The summed E-state index contributed by atoms with van der Waals surface area (Å²) < 4.78 is 5.33. The van der Waals surface area contributed by atoms with Crippen molar-refractivity contribution in [1.29, 1.82) is 0 Å². The van der Waals surface area contributed by atoms with Crippen molar-refractivity contribution in [3.05, 3.63) is 65.9 Å². The number of amides is 4. The molecule has 4 rings (SSSR count). The molecule has 1 aromatic heterocycles. The molecule has 1 atom stereocenters. The van der Waals surface area contributed by atoms with E-state index in [1.54, 1.807) is 31.9 Å². The average molecular weight is 534 g/mol. The number of nitrogens with zero attached hydrogens (tertiary/aromatic N) is 1. The number of hydrogen-bond donors (Lipinski definition) is 4. The third-order valence-electron chi connectivity index (χ3n) is 6.41. The molecular formula is C29H35N5O5. The number of aromatic nitrogens is 1. The lowest BCUT2D eigenvalue weighted by Crippen LogP contribution is -2.53. The summed E-state index contributed by atoms with van der Waals surface area (Å²) >= 11 is 0. The molecule has 0 saturated carbocycles. The fraction of sp³-hybridized carbons (Fsp3) is 0.379. The number of aromatic amines is 1. The first kappa shape index (κ1) is 27.7. The van der Waals surface area contributed by atoms with Gasteiger partial charge in [0.2, 0.25) is 11.8 Å². The lowest BCUT2D eigenvalue weighted by molar-refractivity contribution is -0.130. The number of nitrogens with one attached hydrogen (secondary N) is 4. The zero-order valence-electron chi connectivity index (χ0n) is 22.5. The Morgan fingerprint density at radius 2 is 1.74 bits per heavy atom. The Hall–Kier alpha value is -4.34. The van der Waals surface area contributed by atoms with Gasteiger partial charge in [-0.15, -0.1) is 0 Å². The number of H-pyrrole nitrogens is 1. The van der Waals surface area contributed by atoms with Crippen molar-refractivity contribution in [2.45, 2.75) is 64.5 Å². The molecule has 1 aliphatic rings. The van der Waals surface area contributed by atoms with Crippen LogP contribution in [0.15, 0.2) is 54.7 Å². The van der Waals surface area contributed by atoms with Gasteiger partial charge in [0.05, 0.1) is 0 Å². The molecule has 206 valence electrons. The molecule has 0 spiro atoms. The molecule has 4 amide bonds. The molecule has 2 heterocycles. The van der Waals surface area contributed by atoms with Crippen LogP contribution in [0.4, 0.5) is 10.5 Å². The summed E-state index contributed by atoms with van der Waals surface area (Å²) in [7, 11) is 0. The monoisotopic (exact) mass is 533 g/mol. The smallest absolute Gasteiger partial charge is 0.408 e. The van der Waals surface area contributed by atoms with E-state index in [0.29, 0.717) is 6.54 Å². The quantitative estimate of drug-likeness (QED) is 0.345. The molecule has 2 aromatic carbocycles. The number of alkyl carbamates (subject to hydrolysis) is 1. The number of benzene rings is 2. The number of carbonyl (C=O) groups excluding carboxylic acids is 4. The molecule has 0 fully saturated rings. The SMILES string of the molecule is CC(C)(C)OC(=O)N[C@@H](Cc1c[nH]c2ccccc12)C(=O)NNC(=O)CCC(=O)N1CCCc2ccccc21. The largest absolute Gasteiger partial charge is 0.444 e. The fourth-order valence-corrected chi connectivity index (χ4v) is 4.61. The van der Waals surface area contributed by atoms with Crippen LogP contribution >= 0.6 is 0 Å². The topological polar surface area (TPSA) is 133 Å². The maximum Gasteiger partial charge on any atom is 0.408 e. The van der Waals surface area contributed by atoms with Gasteiger partial charge in [0, 0.05) is 48.6 Å². The van der Waals surface area contributed by atoms with E-state index in [-0.39, 0.29) is 25.2 Å². The highest BCUT2D eigenvalue weighted by molar-refractivity contribution is 5.97. The molecule has 0 unspecified atom stereocenters. The first-order chi connectivity index (χ1) is 18.6. The molecule has 0 aliphatic carbocycles. The summed E-state index contributed by atoms with van der Waals surface area (Å²) in [5, 5.41) is 3.52. The minimum atomic E-state index is -1.02. The van der Waals surface area contributed by atoms with Gasteiger partial charge in [-0.1, -0.05) is 36.4 Å².